The smallest absolute Gasteiger partial charge is 0.307 e. The summed E-state index contributed by atoms with van der Waals surface area (Å²) >= 11 is 0. The molecular weight excluding hydrogens is 624 g/mol. The van der Waals surface area contributed by atoms with E-state index in [2.05, 4.69) is 83.7 Å². The lowest BCUT2D eigenvalue weighted by Gasteiger charge is -2.30. The molecule has 1 saturated heterocycles. The van der Waals surface area contributed by atoms with Crippen LogP contribution in [0.5, 0.6) is 11.5 Å². The van der Waals surface area contributed by atoms with Crippen molar-refractivity contribution in [2.45, 2.75) is 126 Å². The predicted molar refractivity (Wildman–Crippen MR) is 212 cm³/mol. The van der Waals surface area contributed by atoms with E-state index in [1.165, 1.54) is 30.7 Å². The molecular formula is C43H72N2O5. The Morgan fingerprint density at radius 3 is 2.30 bits per heavy atom. The van der Waals surface area contributed by atoms with Gasteiger partial charge in [0, 0.05) is 44.5 Å². The van der Waals surface area contributed by atoms with Crippen molar-refractivity contribution in [3.05, 3.63) is 72.6 Å². The minimum atomic E-state index is -0.720. The zero-order valence-electron chi connectivity index (χ0n) is 33.2. The van der Waals surface area contributed by atoms with Gasteiger partial charge in [-0.3, -0.25) is 4.79 Å². The molecule has 4 atom stereocenters. The molecule has 0 spiro atoms. The van der Waals surface area contributed by atoms with Gasteiger partial charge in [0.05, 0.1) is 5.92 Å². The molecule has 1 N–H and O–H groups in total. The first-order chi connectivity index (χ1) is 24.1. The number of unbranched alkanes of at least 4 members (excludes halogenated alkanes) is 2. The van der Waals surface area contributed by atoms with Crippen molar-refractivity contribution >= 4 is 12.3 Å². The molecule has 0 saturated carbocycles. The fourth-order valence-corrected chi connectivity index (χ4v) is 5.92. The highest BCUT2D eigenvalue weighted by Gasteiger charge is 2.34. The predicted octanol–water partition coefficient (Wildman–Crippen LogP) is 11.0. The van der Waals surface area contributed by atoms with Crippen LogP contribution < -0.4 is 9.47 Å². The van der Waals surface area contributed by atoms with E-state index in [4.69, 9.17) is 9.47 Å². The molecule has 7 nitrogen and oxygen atoms in total. The summed E-state index contributed by atoms with van der Waals surface area (Å²) in [6.07, 6.45) is 19.8. The molecule has 0 bridgehead atoms. The number of allylic oxidation sites excluding steroid dienone is 5. The first kappa shape index (κ1) is 46.5. The topological polar surface area (TPSA) is 79.3 Å². The second kappa shape index (κ2) is 28.2. The molecule has 0 amide bonds. The average Bonchev–Trinajstić information content (AvgIpc) is 3.77. The number of carboxylic acid groups (broad SMARTS) is 1. The van der Waals surface area contributed by atoms with Gasteiger partial charge in [-0.05, 0) is 80.1 Å². The van der Waals surface area contributed by atoms with Crippen molar-refractivity contribution in [3.63, 3.8) is 0 Å². The minimum absolute atomic E-state index is 0.0428. The molecule has 0 radical (unpaired) electrons. The van der Waals surface area contributed by atoms with Gasteiger partial charge in [-0.15, -0.1) is 0 Å². The summed E-state index contributed by atoms with van der Waals surface area (Å²) in [7, 11) is 2.16. The lowest BCUT2D eigenvalue weighted by molar-refractivity contribution is -0.144. The molecule has 284 valence electrons. The maximum Gasteiger partial charge on any atom is 0.307 e. The quantitative estimate of drug-likeness (QED) is 0.114. The fourth-order valence-electron chi connectivity index (χ4n) is 5.92. The number of likely N-dealkylation sites (tertiary alicyclic amines) is 1. The van der Waals surface area contributed by atoms with Gasteiger partial charge in [-0.1, -0.05) is 112 Å². The molecule has 1 aromatic carbocycles. The molecule has 0 aliphatic carbocycles. The summed E-state index contributed by atoms with van der Waals surface area (Å²) in [6.45, 7) is 27.8. The first-order valence-electron chi connectivity index (χ1n) is 19.3. The number of aliphatic carboxylic acids is 1. The van der Waals surface area contributed by atoms with Gasteiger partial charge in [0.15, 0.2) is 11.5 Å². The van der Waals surface area contributed by atoms with Crippen LogP contribution in [0.25, 0.3) is 0 Å². The zero-order chi connectivity index (χ0) is 37.9. The number of ether oxygens (including phenoxy) is 2. The number of nitrogens with zero attached hydrogens (tertiary/aromatic N) is 2. The molecule has 1 aromatic rings. The number of carbonyl (C=O) groups excluding carboxylic acids is 1. The van der Waals surface area contributed by atoms with Gasteiger partial charge in [-0.2, -0.15) is 0 Å². The molecule has 0 aromatic heterocycles. The van der Waals surface area contributed by atoms with Crippen LogP contribution in [0, 0.1) is 17.8 Å². The highest BCUT2D eigenvalue weighted by Crippen LogP contribution is 2.40. The van der Waals surface area contributed by atoms with Crippen LogP contribution in [0.3, 0.4) is 0 Å². The fraction of sp³-hybridized carbons (Fsp3) is 0.628. The van der Waals surface area contributed by atoms with E-state index in [1.807, 2.05) is 44.2 Å². The van der Waals surface area contributed by atoms with Crippen LogP contribution in [-0.4, -0.2) is 60.6 Å². The van der Waals surface area contributed by atoms with Crippen molar-refractivity contribution in [1.82, 2.24) is 9.80 Å². The third-order valence-electron chi connectivity index (χ3n) is 9.32. The number of carboxylic acids is 1. The summed E-state index contributed by atoms with van der Waals surface area (Å²) < 4.78 is 10.9. The first-order valence-corrected chi connectivity index (χ1v) is 19.3. The van der Waals surface area contributed by atoms with Crippen LogP contribution >= 0.6 is 0 Å². The Morgan fingerprint density at radius 2 is 1.78 bits per heavy atom. The van der Waals surface area contributed by atoms with Crippen molar-refractivity contribution < 1.29 is 24.2 Å². The number of carbonyl (C=O) groups is 2. The van der Waals surface area contributed by atoms with Gasteiger partial charge >= 0.3 is 5.97 Å². The van der Waals surface area contributed by atoms with E-state index in [0.717, 1.165) is 82.2 Å². The standard InChI is InChI=1S/C21H29NO4.C14H25N.C6H12O.C2H6/c1-4-17(16-7-8-18-19(12-16)26-13-25-18)20(21(23)24)14(2)9-11-22-10-5-6-15(22)3;1-5-8-11-14(12-9-6-2)15(4)13-10-7-3;1-3-6(2)4-5-7;1-2/h7-8,12,14,17,20H,3-6,9-11,13H2,1-2H3,(H,23,24);5,8,11-12H,1,6-7,9-10,13H2,2-4H3;5-6H,3-4H2,1-2H3;1-2H3/b;11-8-,14-12+;;/t14?,17?,20-;;;/m0.../s1. The van der Waals surface area contributed by atoms with Crippen LogP contribution in [-0.2, 0) is 9.59 Å². The second-order valence-electron chi connectivity index (χ2n) is 13.1. The number of rotatable bonds is 19. The molecule has 50 heavy (non-hydrogen) atoms. The van der Waals surface area contributed by atoms with Gasteiger partial charge in [0.2, 0.25) is 6.79 Å². The molecule has 2 heterocycles. The van der Waals surface area contributed by atoms with E-state index in [0.29, 0.717) is 11.7 Å². The summed E-state index contributed by atoms with van der Waals surface area (Å²) in [5.74, 6) is 0.924. The van der Waals surface area contributed by atoms with E-state index < -0.39 is 11.9 Å². The third kappa shape index (κ3) is 17.4. The van der Waals surface area contributed by atoms with Crippen LogP contribution in [0.4, 0.5) is 0 Å². The van der Waals surface area contributed by atoms with Crippen molar-refractivity contribution in [3.8, 4) is 11.5 Å². The monoisotopic (exact) mass is 697 g/mol. The Bertz CT molecular complexity index is 1160. The van der Waals surface area contributed by atoms with Crippen LogP contribution in [0.1, 0.15) is 131 Å². The van der Waals surface area contributed by atoms with Crippen molar-refractivity contribution in [2.24, 2.45) is 17.8 Å². The van der Waals surface area contributed by atoms with E-state index in [1.54, 1.807) is 0 Å². The Morgan fingerprint density at radius 1 is 1.08 bits per heavy atom. The number of hydrogen-bond donors (Lipinski definition) is 1. The summed E-state index contributed by atoms with van der Waals surface area (Å²) in [5, 5.41) is 9.96. The second-order valence-corrected chi connectivity index (χ2v) is 13.1. The SMILES string of the molecule is C=C/C=C\C(=C/CCC)N(C)CCCC.C=C1CCCN1CCC(C)[C@H](C(=O)O)C(CC)c1ccc2c(c1)OCO2.CC.CCC(C)CC=O. The molecule has 7 heteroatoms. The molecule has 3 unspecified atom stereocenters. The number of benzene rings is 1. The largest absolute Gasteiger partial charge is 0.481 e. The van der Waals surface area contributed by atoms with Crippen molar-refractivity contribution in [2.75, 3.05) is 33.5 Å². The van der Waals surface area contributed by atoms with E-state index >= 15 is 0 Å². The highest BCUT2D eigenvalue weighted by molar-refractivity contribution is 5.72. The Labute approximate surface area is 306 Å². The number of likely N-dealkylation sites (N-methyl/N-ethyl adjacent to an activating group) is 1. The molecule has 3 rings (SSSR count). The van der Waals surface area contributed by atoms with Gasteiger partial charge < -0.3 is 29.2 Å². The normalized spacial score (nSPS) is 15.7. The summed E-state index contributed by atoms with van der Waals surface area (Å²) in [4.78, 5) is 26.5. The van der Waals surface area contributed by atoms with Crippen LogP contribution in [0.2, 0.25) is 0 Å². The lowest BCUT2D eigenvalue weighted by Crippen LogP contribution is -2.31. The summed E-state index contributed by atoms with van der Waals surface area (Å²) in [5.41, 5.74) is 3.51. The number of fused-ring (bicyclic) bond motifs is 1. The Hall–Kier alpha value is -3.48. The summed E-state index contributed by atoms with van der Waals surface area (Å²) in [6, 6.07) is 5.81. The Kier molecular flexibility index (Phi) is 26.3. The van der Waals surface area contributed by atoms with Crippen molar-refractivity contribution in [1.29, 1.82) is 0 Å². The number of aldehydes is 1. The highest BCUT2D eigenvalue weighted by atomic mass is 16.7. The maximum atomic E-state index is 12.1. The maximum absolute atomic E-state index is 12.1. The van der Waals surface area contributed by atoms with E-state index in [9.17, 15) is 14.7 Å². The lowest BCUT2D eigenvalue weighted by atomic mass is 9.76. The van der Waals surface area contributed by atoms with E-state index in [-0.39, 0.29) is 18.6 Å². The molecule has 2 aliphatic rings. The molecule has 2 aliphatic heterocycles. The van der Waals surface area contributed by atoms with Gasteiger partial charge in [0.1, 0.15) is 6.29 Å². The molecule has 1 fully saturated rings. The minimum Gasteiger partial charge on any atom is -0.481 e. The Balaban J connectivity index is 0.000000846. The van der Waals surface area contributed by atoms with Gasteiger partial charge in [-0.25, -0.2) is 0 Å². The van der Waals surface area contributed by atoms with Crippen LogP contribution in [0.15, 0.2) is 67.1 Å². The third-order valence-corrected chi connectivity index (χ3v) is 9.32. The zero-order valence-corrected chi connectivity index (χ0v) is 33.2. The number of hydrogen-bond acceptors (Lipinski definition) is 6. The van der Waals surface area contributed by atoms with Gasteiger partial charge in [0.25, 0.3) is 0 Å². The average molecular weight is 697 g/mol.